The lowest BCUT2D eigenvalue weighted by Crippen LogP contribution is -2.03. The summed E-state index contributed by atoms with van der Waals surface area (Å²) in [6, 6.07) is 3.25. The highest BCUT2D eigenvalue weighted by Gasteiger charge is 2.24. The van der Waals surface area contributed by atoms with Gasteiger partial charge in [0.05, 0.1) is 6.10 Å². The zero-order valence-corrected chi connectivity index (χ0v) is 9.08. The summed E-state index contributed by atoms with van der Waals surface area (Å²) < 4.78 is 5.54. The lowest BCUT2D eigenvalue weighted by atomic mass is 10.3. The van der Waals surface area contributed by atoms with Crippen molar-refractivity contribution in [3.05, 3.63) is 17.8 Å². The fraction of sp³-hybridized carbons (Fsp3) is 0.400. The summed E-state index contributed by atoms with van der Waals surface area (Å²) in [5.41, 5.74) is 0.0394. The molecule has 0 unspecified atom stereocenters. The molecule has 5 heteroatoms. The van der Waals surface area contributed by atoms with Crippen molar-refractivity contribution in [3.63, 3.8) is 0 Å². The second-order valence-electron chi connectivity index (χ2n) is 3.35. The molecule has 1 aliphatic rings. The first kappa shape index (κ1) is 10.3. The van der Waals surface area contributed by atoms with E-state index in [1.807, 2.05) is 6.26 Å². The fourth-order valence-corrected chi connectivity index (χ4v) is 1.57. The van der Waals surface area contributed by atoms with E-state index in [4.69, 9.17) is 9.84 Å². The fourth-order valence-electron chi connectivity index (χ4n) is 1.14. The number of aromatic nitrogens is 1. The van der Waals surface area contributed by atoms with Gasteiger partial charge in [-0.3, -0.25) is 0 Å². The lowest BCUT2D eigenvalue weighted by molar-refractivity contribution is 0.0689. The molecule has 1 aliphatic carbocycles. The zero-order valence-electron chi connectivity index (χ0n) is 8.27. The number of ether oxygens (including phenoxy) is 1. The Balaban J connectivity index is 2.27. The minimum absolute atomic E-state index is 0.0394. The number of nitrogens with zero attached hydrogens (tertiary/aromatic N) is 1. The highest BCUT2D eigenvalue weighted by atomic mass is 32.2. The van der Waals surface area contributed by atoms with Crippen molar-refractivity contribution >= 4 is 17.7 Å². The maximum absolute atomic E-state index is 10.8. The van der Waals surface area contributed by atoms with Crippen molar-refractivity contribution in [2.75, 3.05) is 6.26 Å². The van der Waals surface area contributed by atoms with Crippen molar-refractivity contribution < 1.29 is 14.6 Å². The molecular formula is C10H11NO3S. The van der Waals surface area contributed by atoms with Crippen LogP contribution in [0.5, 0.6) is 5.75 Å². The van der Waals surface area contributed by atoms with E-state index >= 15 is 0 Å². The summed E-state index contributed by atoms with van der Waals surface area (Å²) in [6.45, 7) is 0. The van der Waals surface area contributed by atoms with Crippen LogP contribution in [-0.4, -0.2) is 28.4 Å². The normalized spacial score (nSPS) is 15.0. The third-order valence-corrected chi connectivity index (χ3v) is 2.66. The molecule has 1 fully saturated rings. The van der Waals surface area contributed by atoms with Gasteiger partial charge in [0.2, 0.25) is 0 Å². The first-order chi connectivity index (χ1) is 7.19. The molecule has 0 aromatic carbocycles. The molecule has 80 valence electrons. The van der Waals surface area contributed by atoms with Crippen LogP contribution in [0.15, 0.2) is 17.2 Å². The Morgan fingerprint density at radius 2 is 2.33 bits per heavy atom. The average molecular weight is 225 g/mol. The molecular weight excluding hydrogens is 214 g/mol. The Morgan fingerprint density at radius 3 is 2.87 bits per heavy atom. The van der Waals surface area contributed by atoms with E-state index < -0.39 is 5.97 Å². The predicted octanol–water partition coefficient (Wildman–Crippen LogP) is 2.04. The van der Waals surface area contributed by atoms with Crippen LogP contribution in [0.25, 0.3) is 0 Å². The van der Waals surface area contributed by atoms with E-state index in [1.54, 1.807) is 6.07 Å². The number of pyridine rings is 1. The maximum atomic E-state index is 10.8. The van der Waals surface area contributed by atoms with Crippen molar-refractivity contribution in [1.82, 2.24) is 4.98 Å². The zero-order chi connectivity index (χ0) is 10.8. The van der Waals surface area contributed by atoms with Gasteiger partial charge in [-0.15, -0.1) is 11.8 Å². The van der Waals surface area contributed by atoms with E-state index in [2.05, 4.69) is 4.98 Å². The van der Waals surface area contributed by atoms with Crippen molar-refractivity contribution in [2.45, 2.75) is 24.0 Å². The van der Waals surface area contributed by atoms with E-state index in [-0.39, 0.29) is 11.8 Å². The van der Waals surface area contributed by atoms with Crippen LogP contribution in [0, 0.1) is 0 Å². The number of thioether (sulfide) groups is 1. The molecule has 0 saturated heterocycles. The topological polar surface area (TPSA) is 59.4 Å². The van der Waals surface area contributed by atoms with Crippen molar-refractivity contribution in [2.24, 2.45) is 0 Å². The Bertz CT molecular complexity index is 390. The molecule has 1 aromatic heterocycles. The summed E-state index contributed by atoms with van der Waals surface area (Å²) in [4.78, 5) is 14.8. The van der Waals surface area contributed by atoms with Gasteiger partial charge in [-0.05, 0) is 19.1 Å². The standard InChI is InChI=1S/C10H11NO3S/c1-15-9-5-7(14-6-2-3-6)4-8(11-9)10(12)13/h4-6H,2-3H2,1H3,(H,12,13). The molecule has 1 aromatic rings. The maximum Gasteiger partial charge on any atom is 0.354 e. The van der Waals surface area contributed by atoms with E-state index in [0.717, 1.165) is 12.8 Å². The van der Waals surface area contributed by atoms with Crippen LogP contribution in [0.4, 0.5) is 0 Å². The predicted molar refractivity (Wildman–Crippen MR) is 56.6 cm³/mol. The SMILES string of the molecule is CSc1cc(OC2CC2)cc(C(=O)O)n1. The molecule has 0 atom stereocenters. The van der Waals surface area contributed by atoms with Gasteiger partial charge in [-0.1, -0.05) is 0 Å². The number of rotatable bonds is 4. The third-order valence-electron chi connectivity index (χ3n) is 2.03. The van der Waals surface area contributed by atoms with Gasteiger partial charge in [0.25, 0.3) is 0 Å². The average Bonchev–Trinajstić information content (AvgIpc) is 3.01. The lowest BCUT2D eigenvalue weighted by Gasteiger charge is -2.06. The molecule has 4 nitrogen and oxygen atoms in total. The quantitative estimate of drug-likeness (QED) is 0.794. The van der Waals surface area contributed by atoms with Gasteiger partial charge in [0.15, 0.2) is 5.69 Å². The van der Waals surface area contributed by atoms with Gasteiger partial charge in [0, 0.05) is 12.1 Å². The van der Waals surface area contributed by atoms with Gasteiger partial charge < -0.3 is 9.84 Å². The second kappa shape index (κ2) is 4.10. The number of carbonyl (C=O) groups is 1. The largest absolute Gasteiger partial charge is 0.490 e. The van der Waals surface area contributed by atoms with Crippen LogP contribution < -0.4 is 4.74 Å². The van der Waals surface area contributed by atoms with Gasteiger partial charge >= 0.3 is 5.97 Å². The van der Waals surface area contributed by atoms with Crippen LogP contribution in [-0.2, 0) is 0 Å². The molecule has 2 rings (SSSR count). The molecule has 0 amide bonds. The molecule has 0 bridgehead atoms. The molecule has 1 N–H and O–H groups in total. The van der Waals surface area contributed by atoms with Gasteiger partial charge in [-0.25, -0.2) is 9.78 Å². The van der Waals surface area contributed by atoms with E-state index in [1.165, 1.54) is 17.8 Å². The monoisotopic (exact) mass is 225 g/mol. The molecule has 1 heterocycles. The molecule has 1 saturated carbocycles. The Hall–Kier alpha value is -1.23. The number of carboxylic acid groups (broad SMARTS) is 1. The van der Waals surface area contributed by atoms with E-state index in [0.29, 0.717) is 10.8 Å². The highest BCUT2D eigenvalue weighted by molar-refractivity contribution is 7.98. The van der Waals surface area contributed by atoms with E-state index in [9.17, 15) is 4.79 Å². The number of hydrogen-bond donors (Lipinski definition) is 1. The van der Waals surface area contributed by atoms with Crippen LogP contribution in [0.3, 0.4) is 0 Å². The second-order valence-corrected chi connectivity index (χ2v) is 4.18. The Labute approximate surface area is 91.7 Å². The van der Waals surface area contributed by atoms with Crippen molar-refractivity contribution in [3.8, 4) is 5.75 Å². The first-order valence-corrected chi connectivity index (χ1v) is 5.87. The van der Waals surface area contributed by atoms with Crippen LogP contribution in [0.1, 0.15) is 23.3 Å². The first-order valence-electron chi connectivity index (χ1n) is 4.65. The summed E-state index contributed by atoms with van der Waals surface area (Å²) in [6.07, 6.45) is 4.23. The summed E-state index contributed by atoms with van der Waals surface area (Å²) in [7, 11) is 0. The molecule has 0 aliphatic heterocycles. The summed E-state index contributed by atoms with van der Waals surface area (Å²) in [5.74, 6) is -0.416. The minimum atomic E-state index is -1.02. The van der Waals surface area contributed by atoms with Gasteiger partial charge in [0.1, 0.15) is 10.8 Å². The van der Waals surface area contributed by atoms with Gasteiger partial charge in [-0.2, -0.15) is 0 Å². The van der Waals surface area contributed by atoms with Crippen molar-refractivity contribution in [1.29, 1.82) is 0 Å². The third kappa shape index (κ3) is 2.62. The smallest absolute Gasteiger partial charge is 0.354 e. The summed E-state index contributed by atoms with van der Waals surface area (Å²) in [5, 5.41) is 9.52. The minimum Gasteiger partial charge on any atom is -0.490 e. The van der Waals surface area contributed by atoms with Crippen LogP contribution in [0.2, 0.25) is 0 Å². The number of carboxylic acids is 1. The molecule has 0 radical (unpaired) electrons. The van der Waals surface area contributed by atoms with Crippen LogP contribution >= 0.6 is 11.8 Å². The Kier molecular flexibility index (Phi) is 2.81. The summed E-state index contributed by atoms with van der Waals surface area (Å²) >= 11 is 1.41. The number of hydrogen-bond acceptors (Lipinski definition) is 4. The molecule has 0 spiro atoms. The molecule has 15 heavy (non-hydrogen) atoms. The Morgan fingerprint density at radius 1 is 1.60 bits per heavy atom. The highest BCUT2D eigenvalue weighted by Crippen LogP contribution is 2.28. The number of aromatic carboxylic acids is 1.